The summed E-state index contributed by atoms with van der Waals surface area (Å²) in [5.41, 5.74) is 6.89. The first-order valence-corrected chi connectivity index (χ1v) is 7.17. The van der Waals surface area contributed by atoms with Gasteiger partial charge in [-0.1, -0.05) is 27.7 Å². The topological polar surface area (TPSA) is 29.3 Å². The SMILES string of the molecule is CC(C)C(C)N(C)C1(CN)CCC(C)(C)CC1. The maximum absolute atomic E-state index is 6.12. The number of nitrogens with two attached hydrogens (primary N) is 1. The molecule has 1 fully saturated rings. The van der Waals surface area contributed by atoms with Crippen molar-refractivity contribution in [1.29, 1.82) is 0 Å². The summed E-state index contributed by atoms with van der Waals surface area (Å²) in [6, 6.07) is 0.611. The van der Waals surface area contributed by atoms with Crippen molar-refractivity contribution < 1.29 is 0 Å². The van der Waals surface area contributed by atoms with Crippen molar-refractivity contribution in [3.63, 3.8) is 0 Å². The van der Waals surface area contributed by atoms with E-state index >= 15 is 0 Å². The molecule has 0 aromatic rings. The summed E-state index contributed by atoms with van der Waals surface area (Å²) >= 11 is 0. The lowest BCUT2D eigenvalue weighted by atomic mass is 9.68. The van der Waals surface area contributed by atoms with Crippen LogP contribution in [0.2, 0.25) is 0 Å². The zero-order valence-electron chi connectivity index (χ0n) is 12.7. The van der Waals surface area contributed by atoms with Crippen LogP contribution >= 0.6 is 0 Å². The van der Waals surface area contributed by atoms with Crippen molar-refractivity contribution in [1.82, 2.24) is 4.90 Å². The molecule has 0 heterocycles. The minimum absolute atomic E-state index is 0.249. The van der Waals surface area contributed by atoms with Gasteiger partial charge in [0, 0.05) is 18.1 Å². The van der Waals surface area contributed by atoms with Crippen molar-refractivity contribution in [2.75, 3.05) is 13.6 Å². The summed E-state index contributed by atoms with van der Waals surface area (Å²) in [6.07, 6.45) is 5.12. The maximum atomic E-state index is 6.12. The molecule has 0 saturated heterocycles. The standard InChI is InChI=1S/C15H32N2/c1-12(2)13(3)17(6)15(11-16)9-7-14(4,5)8-10-15/h12-13H,7-11,16H2,1-6H3. The molecule has 1 aliphatic carbocycles. The van der Waals surface area contributed by atoms with Gasteiger partial charge in [-0.2, -0.15) is 0 Å². The Morgan fingerprint density at radius 1 is 1.06 bits per heavy atom. The van der Waals surface area contributed by atoms with E-state index in [1.54, 1.807) is 0 Å². The molecule has 17 heavy (non-hydrogen) atoms. The van der Waals surface area contributed by atoms with Crippen LogP contribution in [0.3, 0.4) is 0 Å². The van der Waals surface area contributed by atoms with E-state index in [4.69, 9.17) is 5.73 Å². The van der Waals surface area contributed by atoms with Gasteiger partial charge < -0.3 is 5.73 Å². The van der Waals surface area contributed by atoms with E-state index in [-0.39, 0.29) is 5.54 Å². The van der Waals surface area contributed by atoms with E-state index < -0.39 is 0 Å². The van der Waals surface area contributed by atoms with Gasteiger partial charge >= 0.3 is 0 Å². The minimum Gasteiger partial charge on any atom is -0.329 e. The fraction of sp³-hybridized carbons (Fsp3) is 1.00. The van der Waals surface area contributed by atoms with Gasteiger partial charge in [0.2, 0.25) is 0 Å². The molecular weight excluding hydrogens is 208 g/mol. The molecule has 0 bridgehead atoms. The molecule has 1 aliphatic rings. The molecule has 102 valence electrons. The summed E-state index contributed by atoms with van der Waals surface area (Å²) in [7, 11) is 2.27. The van der Waals surface area contributed by atoms with Gasteiger partial charge in [0.15, 0.2) is 0 Å². The van der Waals surface area contributed by atoms with Gasteiger partial charge in [0.25, 0.3) is 0 Å². The molecular formula is C15H32N2. The number of hydrogen-bond acceptors (Lipinski definition) is 2. The second-order valence-electron chi connectivity index (χ2n) is 7.19. The van der Waals surface area contributed by atoms with Crippen LogP contribution in [0, 0.1) is 11.3 Å². The van der Waals surface area contributed by atoms with Crippen LogP contribution in [0.5, 0.6) is 0 Å². The fourth-order valence-electron chi connectivity index (χ4n) is 2.97. The Hall–Kier alpha value is -0.0800. The van der Waals surface area contributed by atoms with Crippen molar-refractivity contribution in [2.45, 2.75) is 71.9 Å². The van der Waals surface area contributed by atoms with Crippen LogP contribution in [0.1, 0.15) is 60.3 Å². The van der Waals surface area contributed by atoms with E-state index in [1.807, 2.05) is 0 Å². The third-order valence-corrected chi connectivity index (χ3v) is 5.24. The van der Waals surface area contributed by atoms with Gasteiger partial charge in [0.05, 0.1) is 0 Å². The number of nitrogens with zero attached hydrogens (tertiary/aromatic N) is 1. The highest BCUT2D eigenvalue weighted by Crippen LogP contribution is 2.43. The average Bonchev–Trinajstić information content (AvgIpc) is 2.28. The zero-order valence-corrected chi connectivity index (χ0v) is 12.7. The summed E-state index contributed by atoms with van der Waals surface area (Å²) in [6.45, 7) is 12.5. The summed E-state index contributed by atoms with van der Waals surface area (Å²) < 4.78 is 0. The average molecular weight is 240 g/mol. The molecule has 1 saturated carbocycles. The predicted molar refractivity (Wildman–Crippen MR) is 76.1 cm³/mol. The zero-order chi connectivity index (χ0) is 13.3. The van der Waals surface area contributed by atoms with Crippen molar-refractivity contribution in [3.8, 4) is 0 Å². The Morgan fingerprint density at radius 3 is 1.88 bits per heavy atom. The quantitative estimate of drug-likeness (QED) is 0.817. The van der Waals surface area contributed by atoms with Crippen molar-refractivity contribution >= 4 is 0 Å². The maximum Gasteiger partial charge on any atom is 0.0332 e. The van der Waals surface area contributed by atoms with Crippen LogP contribution in [-0.2, 0) is 0 Å². The van der Waals surface area contributed by atoms with E-state index in [9.17, 15) is 0 Å². The highest BCUT2D eigenvalue weighted by atomic mass is 15.2. The van der Waals surface area contributed by atoms with Gasteiger partial charge in [-0.15, -0.1) is 0 Å². The first kappa shape index (κ1) is 15.0. The number of rotatable bonds is 4. The lowest BCUT2D eigenvalue weighted by Gasteiger charge is -2.51. The highest BCUT2D eigenvalue weighted by Gasteiger charge is 2.41. The van der Waals surface area contributed by atoms with Crippen LogP contribution in [-0.4, -0.2) is 30.1 Å². The van der Waals surface area contributed by atoms with Crippen LogP contribution in [0.15, 0.2) is 0 Å². The van der Waals surface area contributed by atoms with Crippen LogP contribution in [0.4, 0.5) is 0 Å². The van der Waals surface area contributed by atoms with E-state index in [0.29, 0.717) is 17.4 Å². The molecule has 1 unspecified atom stereocenters. The monoisotopic (exact) mass is 240 g/mol. The Morgan fingerprint density at radius 2 is 1.53 bits per heavy atom. The minimum atomic E-state index is 0.249. The normalized spacial score (nSPS) is 25.2. The highest BCUT2D eigenvalue weighted by molar-refractivity contribution is 4.98. The smallest absolute Gasteiger partial charge is 0.0332 e. The van der Waals surface area contributed by atoms with Crippen LogP contribution in [0.25, 0.3) is 0 Å². The first-order valence-electron chi connectivity index (χ1n) is 7.17. The molecule has 0 spiro atoms. The molecule has 0 amide bonds. The van der Waals surface area contributed by atoms with Gasteiger partial charge in [-0.3, -0.25) is 4.90 Å². The summed E-state index contributed by atoms with van der Waals surface area (Å²) in [5.74, 6) is 0.693. The van der Waals surface area contributed by atoms with E-state index in [0.717, 1.165) is 6.54 Å². The van der Waals surface area contributed by atoms with Crippen LogP contribution < -0.4 is 5.73 Å². The van der Waals surface area contributed by atoms with Gasteiger partial charge in [0.1, 0.15) is 0 Å². The second kappa shape index (κ2) is 5.27. The molecule has 0 aliphatic heterocycles. The summed E-state index contributed by atoms with van der Waals surface area (Å²) in [4.78, 5) is 2.56. The Balaban J connectivity index is 2.77. The molecule has 1 atom stereocenters. The fourth-order valence-corrected chi connectivity index (χ4v) is 2.97. The second-order valence-corrected chi connectivity index (χ2v) is 7.19. The Labute approximate surface area is 108 Å². The molecule has 2 N–H and O–H groups in total. The predicted octanol–water partition coefficient (Wildman–Crippen LogP) is 3.26. The Kier molecular flexibility index (Phi) is 4.65. The van der Waals surface area contributed by atoms with Gasteiger partial charge in [-0.25, -0.2) is 0 Å². The molecule has 0 radical (unpaired) electrons. The molecule has 2 heteroatoms. The molecule has 1 rings (SSSR count). The van der Waals surface area contributed by atoms with Crippen molar-refractivity contribution in [2.24, 2.45) is 17.1 Å². The lowest BCUT2D eigenvalue weighted by Crippen LogP contribution is -2.58. The Bertz CT molecular complexity index is 235. The third kappa shape index (κ3) is 3.23. The number of likely N-dealkylation sites (N-methyl/N-ethyl adjacent to an activating group) is 1. The lowest BCUT2D eigenvalue weighted by molar-refractivity contribution is 0.00508. The third-order valence-electron chi connectivity index (χ3n) is 5.24. The molecule has 0 aromatic carbocycles. The van der Waals surface area contributed by atoms with E-state index in [1.165, 1.54) is 25.7 Å². The largest absolute Gasteiger partial charge is 0.329 e. The van der Waals surface area contributed by atoms with Gasteiger partial charge in [-0.05, 0) is 51.0 Å². The molecule has 2 nitrogen and oxygen atoms in total. The van der Waals surface area contributed by atoms with E-state index in [2.05, 4.69) is 46.6 Å². The number of hydrogen-bond donors (Lipinski definition) is 1. The first-order chi connectivity index (χ1) is 7.74. The summed E-state index contributed by atoms with van der Waals surface area (Å²) in [5, 5.41) is 0. The van der Waals surface area contributed by atoms with Crippen molar-refractivity contribution in [3.05, 3.63) is 0 Å². The molecule has 0 aromatic heterocycles.